The maximum Gasteiger partial charge on any atom is 0.323 e. The van der Waals surface area contributed by atoms with Crippen LogP contribution in [0.1, 0.15) is 0 Å². The first-order valence-electron chi connectivity index (χ1n) is 7.02. The Kier molecular flexibility index (Phi) is 4.28. The van der Waals surface area contributed by atoms with Crippen molar-refractivity contribution in [2.75, 3.05) is 23.8 Å². The van der Waals surface area contributed by atoms with E-state index in [2.05, 4.69) is 10.6 Å². The zero-order valence-electron chi connectivity index (χ0n) is 12.5. The first-order valence-corrected chi connectivity index (χ1v) is 8.57. The molecule has 0 saturated heterocycles. The van der Waals surface area contributed by atoms with E-state index in [0.29, 0.717) is 36.1 Å². The van der Waals surface area contributed by atoms with Crippen LogP contribution in [0.5, 0.6) is 11.5 Å². The second-order valence-electron chi connectivity index (χ2n) is 5.01. The number of nitrogens with two attached hydrogens (primary N) is 1. The highest BCUT2D eigenvalue weighted by Crippen LogP contribution is 2.32. The van der Waals surface area contributed by atoms with Gasteiger partial charge in [-0.2, -0.15) is 0 Å². The number of hydrogen-bond donors (Lipinski definition) is 3. The molecule has 0 saturated carbocycles. The number of fused-ring (bicyclic) bond motifs is 1. The van der Waals surface area contributed by atoms with Crippen LogP contribution in [0.25, 0.3) is 0 Å². The van der Waals surface area contributed by atoms with Crippen molar-refractivity contribution >= 4 is 27.4 Å². The third-order valence-electron chi connectivity index (χ3n) is 3.24. The molecule has 24 heavy (non-hydrogen) atoms. The molecule has 126 valence electrons. The normalized spacial score (nSPS) is 13.2. The fourth-order valence-corrected chi connectivity index (χ4v) is 2.66. The fraction of sp³-hybridized carbons (Fsp3) is 0.133. The number of rotatable bonds is 3. The van der Waals surface area contributed by atoms with Gasteiger partial charge in [0, 0.05) is 17.4 Å². The molecule has 9 heteroatoms. The molecule has 0 aromatic heterocycles. The zero-order valence-corrected chi connectivity index (χ0v) is 13.3. The Hall–Kier alpha value is -2.78. The molecule has 0 atom stereocenters. The quantitative estimate of drug-likeness (QED) is 0.780. The summed E-state index contributed by atoms with van der Waals surface area (Å²) in [6.07, 6.45) is 0. The summed E-state index contributed by atoms with van der Waals surface area (Å²) in [7, 11) is -3.76. The summed E-state index contributed by atoms with van der Waals surface area (Å²) in [4.78, 5) is 12.0. The molecule has 1 aliphatic rings. The minimum Gasteiger partial charge on any atom is -0.486 e. The number of benzene rings is 2. The van der Waals surface area contributed by atoms with E-state index in [1.807, 2.05) is 0 Å². The molecule has 2 aromatic carbocycles. The van der Waals surface area contributed by atoms with E-state index in [0.717, 1.165) is 0 Å². The number of urea groups is 1. The van der Waals surface area contributed by atoms with E-state index in [1.54, 1.807) is 18.2 Å². The van der Waals surface area contributed by atoms with Gasteiger partial charge >= 0.3 is 6.03 Å². The van der Waals surface area contributed by atoms with Crippen molar-refractivity contribution in [3.05, 3.63) is 42.5 Å². The van der Waals surface area contributed by atoms with Crippen molar-refractivity contribution in [2.45, 2.75) is 4.90 Å². The fourth-order valence-electron chi connectivity index (χ4n) is 2.14. The number of carbonyl (C=O) groups excluding carboxylic acids is 1. The van der Waals surface area contributed by atoms with Crippen molar-refractivity contribution in [1.29, 1.82) is 0 Å². The van der Waals surface area contributed by atoms with E-state index in [9.17, 15) is 13.2 Å². The number of nitrogens with one attached hydrogen (secondary N) is 2. The van der Waals surface area contributed by atoms with Crippen LogP contribution >= 0.6 is 0 Å². The average Bonchev–Trinajstić information content (AvgIpc) is 2.54. The van der Waals surface area contributed by atoms with Gasteiger partial charge in [0.25, 0.3) is 0 Å². The molecular formula is C15H15N3O5S. The number of carbonyl (C=O) groups is 1. The molecule has 1 heterocycles. The molecule has 0 unspecified atom stereocenters. The second-order valence-corrected chi connectivity index (χ2v) is 6.57. The number of amides is 2. The van der Waals surface area contributed by atoms with Crippen LogP contribution in [0.15, 0.2) is 47.4 Å². The van der Waals surface area contributed by atoms with Gasteiger partial charge in [-0.25, -0.2) is 18.4 Å². The van der Waals surface area contributed by atoms with Crippen molar-refractivity contribution in [3.63, 3.8) is 0 Å². The van der Waals surface area contributed by atoms with Crippen LogP contribution in [0.2, 0.25) is 0 Å². The minimum absolute atomic E-state index is 0.0275. The minimum atomic E-state index is -3.76. The van der Waals surface area contributed by atoms with Gasteiger partial charge in [-0.3, -0.25) is 0 Å². The second kappa shape index (κ2) is 6.38. The highest BCUT2D eigenvalue weighted by atomic mass is 32.2. The average molecular weight is 349 g/mol. The molecule has 2 aromatic rings. The maximum atomic E-state index is 12.0. The van der Waals surface area contributed by atoms with Gasteiger partial charge < -0.3 is 20.1 Å². The van der Waals surface area contributed by atoms with E-state index in [-0.39, 0.29) is 4.90 Å². The van der Waals surface area contributed by atoms with Gasteiger partial charge in [-0.05, 0) is 36.4 Å². The van der Waals surface area contributed by atoms with E-state index in [4.69, 9.17) is 14.6 Å². The highest BCUT2D eigenvalue weighted by Gasteiger charge is 2.13. The van der Waals surface area contributed by atoms with Gasteiger partial charge in [-0.15, -0.1) is 0 Å². The van der Waals surface area contributed by atoms with E-state index < -0.39 is 16.1 Å². The molecule has 0 radical (unpaired) electrons. The van der Waals surface area contributed by atoms with Crippen molar-refractivity contribution < 1.29 is 22.7 Å². The molecule has 8 nitrogen and oxygen atoms in total. The molecule has 0 aliphatic carbocycles. The van der Waals surface area contributed by atoms with Gasteiger partial charge in [-0.1, -0.05) is 0 Å². The first kappa shape index (κ1) is 16.1. The predicted octanol–water partition coefficient (Wildman–Crippen LogP) is 1.75. The number of ether oxygens (including phenoxy) is 2. The molecular weight excluding hydrogens is 334 g/mol. The molecule has 0 bridgehead atoms. The van der Waals surface area contributed by atoms with Gasteiger partial charge in [0.15, 0.2) is 11.5 Å². The molecule has 1 aliphatic heterocycles. The molecule has 3 rings (SSSR count). The number of hydrogen-bond acceptors (Lipinski definition) is 5. The van der Waals surface area contributed by atoms with Crippen molar-refractivity contribution in [2.24, 2.45) is 5.14 Å². The van der Waals surface area contributed by atoms with Crippen LogP contribution in [-0.4, -0.2) is 27.7 Å². The lowest BCUT2D eigenvalue weighted by atomic mass is 10.2. The third-order valence-corrected chi connectivity index (χ3v) is 4.17. The number of sulfonamides is 1. The Balaban J connectivity index is 1.65. The summed E-state index contributed by atoms with van der Waals surface area (Å²) >= 11 is 0. The van der Waals surface area contributed by atoms with Gasteiger partial charge in [0.05, 0.1) is 4.90 Å². The lowest BCUT2D eigenvalue weighted by molar-refractivity contribution is 0.171. The largest absolute Gasteiger partial charge is 0.486 e. The summed E-state index contributed by atoms with van der Waals surface area (Å²) in [6.45, 7) is 0.952. The van der Waals surface area contributed by atoms with Crippen LogP contribution in [0.3, 0.4) is 0 Å². The Morgan fingerprint density at radius 2 is 1.50 bits per heavy atom. The summed E-state index contributed by atoms with van der Waals surface area (Å²) in [5.41, 5.74) is 0.968. The Morgan fingerprint density at radius 3 is 2.17 bits per heavy atom. The summed E-state index contributed by atoms with van der Waals surface area (Å²) < 4.78 is 33.2. The lowest BCUT2D eigenvalue weighted by Gasteiger charge is -2.19. The molecule has 4 N–H and O–H groups in total. The SMILES string of the molecule is NS(=O)(=O)c1ccc(NC(=O)Nc2ccc3c(c2)OCCO3)cc1. The Bertz CT molecular complexity index is 865. The molecule has 0 fully saturated rings. The van der Waals surface area contributed by atoms with Crippen LogP contribution in [-0.2, 0) is 10.0 Å². The Morgan fingerprint density at radius 1 is 0.917 bits per heavy atom. The maximum absolute atomic E-state index is 12.0. The summed E-state index contributed by atoms with van der Waals surface area (Å²) in [5, 5.41) is 10.3. The zero-order chi connectivity index (χ0) is 17.2. The van der Waals surface area contributed by atoms with Crippen molar-refractivity contribution in [3.8, 4) is 11.5 Å². The van der Waals surface area contributed by atoms with Crippen LogP contribution in [0, 0.1) is 0 Å². The summed E-state index contributed by atoms with van der Waals surface area (Å²) in [5.74, 6) is 1.20. The lowest BCUT2D eigenvalue weighted by Crippen LogP contribution is -2.20. The smallest absolute Gasteiger partial charge is 0.323 e. The molecule has 2 amide bonds. The standard InChI is InChI=1S/C15H15N3O5S/c16-24(20,21)12-4-1-10(2-5-12)17-15(19)18-11-3-6-13-14(9-11)23-8-7-22-13/h1-6,9H,7-8H2,(H2,16,20,21)(H2,17,18,19). The van der Waals surface area contributed by atoms with Crippen LogP contribution in [0.4, 0.5) is 16.2 Å². The Labute approximate surface area is 138 Å². The number of anilines is 2. The highest BCUT2D eigenvalue weighted by molar-refractivity contribution is 7.89. The van der Waals surface area contributed by atoms with E-state index in [1.165, 1.54) is 24.3 Å². The monoisotopic (exact) mass is 349 g/mol. The van der Waals surface area contributed by atoms with Gasteiger partial charge in [0.1, 0.15) is 13.2 Å². The third kappa shape index (κ3) is 3.76. The van der Waals surface area contributed by atoms with Gasteiger partial charge in [0.2, 0.25) is 10.0 Å². The van der Waals surface area contributed by atoms with Crippen molar-refractivity contribution in [1.82, 2.24) is 0 Å². The predicted molar refractivity (Wildman–Crippen MR) is 87.9 cm³/mol. The van der Waals surface area contributed by atoms with Crippen LogP contribution < -0.4 is 25.2 Å². The summed E-state index contributed by atoms with van der Waals surface area (Å²) in [6, 6.07) is 10.1. The number of primary sulfonamides is 1. The topological polar surface area (TPSA) is 120 Å². The first-order chi connectivity index (χ1) is 11.4. The molecule has 0 spiro atoms. The van der Waals surface area contributed by atoms with E-state index >= 15 is 0 Å².